The lowest BCUT2D eigenvalue weighted by atomic mass is 9.81. The number of imidazole rings is 1. The van der Waals surface area contributed by atoms with Gasteiger partial charge in [0, 0.05) is 36.8 Å². The van der Waals surface area contributed by atoms with Gasteiger partial charge < -0.3 is 9.88 Å². The second kappa shape index (κ2) is 4.74. The highest BCUT2D eigenvalue weighted by atomic mass is 15.2. The van der Waals surface area contributed by atoms with Crippen molar-refractivity contribution in [2.45, 2.75) is 38.8 Å². The maximum Gasteiger partial charge on any atom is 0.140 e. The van der Waals surface area contributed by atoms with Crippen molar-refractivity contribution in [3.8, 4) is 11.4 Å². The molecule has 0 bridgehead atoms. The minimum Gasteiger partial charge on any atom is -0.325 e. The standard InChI is InChI=1S/C17H21N3/c1-12-9-14(10-12)20-16-7-8-18-11-15(16)19-17(20)13-5-3-2-4-6-13/h2-6,12,14,18H,7-11H2,1H3. The third-order valence-corrected chi connectivity index (χ3v) is 4.67. The van der Waals surface area contributed by atoms with Gasteiger partial charge in [0.25, 0.3) is 0 Å². The van der Waals surface area contributed by atoms with Crippen molar-refractivity contribution in [2.24, 2.45) is 5.92 Å². The van der Waals surface area contributed by atoms with E-state index in [0.717, 1.165) is 25.4 Å². The molecule has 3 nitrogen and oxygen atoms in total. The molecule has 0 radical (unpaired) electrons. The Kier molecular flexibility index (Phi) is 2.88. The Morgan fingerprint density at radius 1 is 1.20 bits per heavy atom. The smallest absolute Gasteiger partial charge is 0.140 e. The quantitative estimate of drug-likeness (QED) is 0.905. The summed E-state index contributed by atoms with van der Waals surface area (Å²) in [7, 11) is 0. The molecule has 0 saturated heterocycles. The van der Waals surface area contributed by atoms with Crippen LogP contribution in [0.25, 0.3) is 11.4 Å². The average molecular weight is 267 g/mol. The molecule has 1 N–H and O–H groups in total. The van der Waals surface area contributed by atoms with Crippen molar-refractivity contribution in [2.75, 3.05) is 6.54 Å². The first-order valence-corrected chi connectivity index (χ1v) is 7.69. The number of rotatable bonds is 2. The molecule has 2 aromatic rings. The van der Waals surface area contributed by atoms with Crippen molar-refractivity contribution in [1.29, 1.82) is 0 Å². The van der Waals surface area contributed by atoms with Gasteiger partial charge in [0.05, 0.1) is 5.69 Å². The van der Waals surface area contributed by atoms with Gasteiger partial charge in [0.1, 0.15) is 5.82 Å². The van der Waals surface area contributed by atoms with Gasteiger partial charge in [0.2, 0.25) is 0 Å². The largest absolute Gasteiger partial charge is 0.325 e. The number of nitrogens with one attached hydrogen (secondary N) is 1. The first kappa shape index (κ1) is 12.2. The first-order chi connectivity index (χ1) is 9.83. The topological polar surface area (TPSA) is 29.9 Å². The number of aromatic nitrogens is 2. The van der Waals surface area contributed by atoms with Gasteiger partial charge in [-0.15, -0.1) is 0 Å². The summed E-state index contributed by atoms with van der Waals surface area (Å²) in [6.45, 7) is 4.35. The van der Waals surface area contributed by atoms with E-state index in [1.54, 1.807) is 0 Å². The predicted octanol–water partition coefficient (Wildman–Crippen LogP) is 3.17. The zero-order valence-electron chi connectivity index (χ0n) is 12.0. The summed E-state index contributed by atoms with van der Waals surface area (Å²) in [6, 6.07) is 11.3. The van der Waals surface area contributed by atoms with Gasteiger partial charge >= 0.3 is 0 Å². The number of nitrogens with zero attached hydrogens (tertiary/aromatic N) is 2. The summed E-state index contributed by atoms with van der Waals surface area (Å²) in [4.78, 5) is 4.95. The van der Waals surface area contributed by atoms with Crippen LogP contribution in [0.5, 0.6) is 0 Å². The van der Waals surface area contributed by atoms with Crippen LogP contribution in [-0.2, 0) is 13.0 Å². The Labute approximate surface area is 120 Å². The van der Waals surface area contributed by atoms with E-state index in [9.17, 15) is 0 Å². The fourth-order valence-corrected chi connectivity index (χ4v) is 3.59. The van der Waals surface area contributed by atoms with Gasteiger partial charge in [-0.25, -0.2) is 4.98 Å². The van der Waals surface area contributed by atoms with Crippen LogP contribution in [0.3, 0.4) is 0 Å². The molecule has 1 aromatic heterocycles. The molecular formula is C17H21N3. The van der Waals surface area contributed by atoms with Crippen LogP contribution in [0.2, 0.25) is 0 Å². The molecule has 0 atom stereocenters. The first-order valence-electron chi connectivity index (χ1n) is 7.69. The third kappa shape index (κ3) is 1.88. The van der Waals surface area contributed by atoms with E-state index in [1.165, 1.54) is 35.6 Å². The Balaban J connectivity index is 1.83. The Hall–Kier alpha value is -1.61. The van der Waals surface area contributed by atoms with Crippen molar-refractivity contribution in [1.82, 2.24) is 14.9 Å². The summed E-state index contributed by atoms with van der Waals surface area (Å²) in [5, 5.41) is 3.44. The zero-order valence-corrected chi connectivity index (χ0v) is 12.0. The summed E-state index contributed by atoms with van der Waals surface area (Å²) in [5.41, 5.74) is 3.98. The monoisotopic (exact) mass is 267 g/mol. The predicted molar refractivity (Wildman–Crippen MR) is 80.5 cm³/mol. The maximum absolute atomic E-state index is 4.95. The fourth-order valence-electron chi connectivity index (χ4n) is 3.59. The lowest BCUT2D eigenvalue weighted by Crippen LogP contribution is -2.30. The second-order valence-electron chi connectivity index (χ2n) is 6.22. The molecule has 0 unspecified atom stereocenters. The highest BCUT2D eigenvalue weighted by molar-refractivity contribution is 5.57. The Morgan fingerprint density at radius 3 is 2.75 bits per heavy atom. The van der Waals surface area contributed by atoms with Gasteiger partial charge in [-0.3, -0.25) is 0 Å². The van der Waals surface area contributed by atoms with E-state index in [-0.39, 0.29) is 0 Å². The molecule has 1 aromatic carbocycles. The van der Waals surface area contributed by atoms with Crippen LogP contribution in [0, 0.1) is 5.92 Å². The molecule has 0 spiro atoms. The highest BCUT2D eigenvalue weighted by Crippen LogP contribution is 2.41. The minimum atomic E-state index is 0.662. The Bertz CT molecular complexity index is 609. The molecule has 1 aliphatic carbocycles. The molecule has 2 heterocycles. The number of hydrogen-bond acceptors (Lipinski definition) is 2. The van der Waals surface area contributed by atoms with Crippen LogP contribution in [0.1, 0.15) is 37.2 Å². The van der Waals surface area contributed by atoms with Crippen LogP contribution < -0.4 is 5.32 Å². The number of fused-ring (bicyclic) bond motifs is 1. The van der Waals surface area contributed by atoms with Crippen molar-refractivity contribution >= 4 is 0 Å². The van der Waals surface area contributed by atoms with E-state index >= 15 is 0 Å². The molecule has 20 heavy (non-hydrogen) atoms. The lowest BCUT2D eigenvalue weighted by Gasteiger charge is -2.36. The average Bonchev–Trinajstić information content (AvgIpc) is 2.84. The summed E-state index contributed by atoms with van der Waals surface area (Å²) < 4.78 is 2.55. The lowest BCUT2D eigenvalue weighted by molar-refractivity contribution is 0.213. The van der Waals surface area contributed by atoms with Gasteiger partial charge in [-0.05, 0) is 18.8 Å². The molecule has 3 heteroatoms. The minimum absolute atomic E-state index is 0.662. The summed E-state index contributed by atoms with van der Waals surface area (Å²) in [5.74, 6) is 2.04. The van der Waals surface area contributed by atoms with Crippen LogP contribution in [0.15, 0.2) is 30.3 Å². The van der Waals surface area contributed by atoms with Gasteiger partial charge in [-0.2, -0.15) is 0 Å². The van der Waals surface area contributed by atoms with Gasteiger partial charge in [-0.1, -0.05) is 37.3 Å². The molecule has 104 valence electrons. The second-order valence-corrected chi connectivity index (χ2v) is 6.22. The van der Waals surface area contributed by atoms with Crippen LogP contribution in [0.4, 0.5) is 0 Å². The van der Waals surface area contributed by atoms with E-state index in [2.05, 4.69) is 47.1 Å². The zero-order chi connectivity index (χ0) is 13.5. The fraction of sp³-hybridized carbons (Fsp3) is 0.471. The van der Waals surface area contributed by atoms with E-state index in [0.29, 0.717) is 6.04 Å². The molecule has 4 rings (SSSR count). The number of hydrogen-bond donors (Lipinski definition) is 1. The van der Waals surface area contributed by atoms with Crippen molar-refractivity contribution < 1.29 is 0 Å². The third-order valence-electron chi connectivity index (χ3n) is 4.67. The Morgan fingerprint density at radius 2 is 2.00 bits per heavy atom. The summed E-state index contributed by atoms with van der Waals surface area (Å²) in [6.07, 6.45) is 3.71. The molecule has 0 amide bonds. The SMILES string of the molecule is CC1CC(n2c(-c3ccccc3)nc3c2CCNC3)C1. The van der Waals surface area contributed by atoms with Gasteiger partial charge in [0.15, 0.2) is 0 Å². The normalized spacial score (nSPS) is 25.1. The molecule has 1 fully saturated rings. The van der Waals surface area contributed by atoms with E-state index < -0.39 is 0 Å². The summed E-state index contributed by atoms with van der Waals surface area (Å²) >= 11 is 0. The molecule has 2 aliphatic rings. The number of benzene rings is 1. The van der Waals surface area contributed by atoms with Crippen molar-refractivity contribution in [3.63, 3.8) is 0 Å². The van der Waals surface area contributed by atoms with Crippen molar-refractivity contribution in [3.05, 3.63) is 41.7 Å². The highest BCUT2D eigenvalue weighted by Gasteiger charge is 2.32. The molecule has 1 saturated carbocycles. The molecule has 1 aliphatic heterocycles. The van der Waals surface area contributed by atoms with E-state index in [4.69, 9.17) is 4.98 Å². The van der Waals surface area contributed by atoms with Crippen LogP contribution in [-0.4, -0.2) is 16.1 Å². The maximum atomic E-state index is 4.95. The van der Waals surface area contributed by atoms with E-state index in [1.807, 2.05) is 0 Å². The van der Waals surface area contributed by atoms with Crippen LogP contribution >= 0.6 is 0 Å². The molecular weight excluding hydrogens is 246 g/mol.